The average molecular weight is 439 g/mol. The van der Waals surface area contributed by atoms with Crippen molar-refractivity contribution in [1.29, 1.82) is 0 Å². The van der Waals surface area contributed by atoms with Gasteiger partial charge in [0.15, 0.2) is 5.96 Å². The first-order chi connectivity index (χ1) is 10.6. The largest absolute Gasteiger partial charge is 0.488 e. The summed E-state index contributed by atoms with van der Waals surface area (Å²) in [5.41, 5.74) is 6.77. The van der Waals surface area contributed by atoms with Crippen molar-refractivity contribution in [2.75, 3.05) is 6.61 Å². The number of hydrogen-bond donors (Lipinski definition) is 2. The molecule has 0 unspecified atom stereocenters. The maximum absolute atomic E-state index is 12.1. The van der Waals surface area contributed by atoms with Crippen LogP contribution in [0.25, 0.3) is 0 Å². The number of aliphatic imine (C=N–C) groups is 1. The van der Waals surface area contributed by atoms with Gasteiger partial charge in [-0.15, -0.1) is 24.0 Å². The van der Waals surface area contributed by atoms with Crippen LogP contribution in [0.2, 0.25) is 0 Å². The minimum absolute atomic E-state index is 0. The van der Waals surface area contributed by atoms with Crippen molar-refractivity contribution in [2.24, 2.45) is 10.7 Å². The second-order valence-electron chi connectivity index (χ2n) is 5.53. The number of alkyl halides is 2. The Balaban J connectivity index is 0.00000264. The molecule has 0 spiro atoms. The molecule has 0 aliphatic heterocycles. The predicted octanol–water partition coefficient (Wildman–Crippen LogP) is 3.69. The van der Waals surface area contributed by atoms with Gasteiger partial charge in [-0.2, -0.15) is 0 Å². The number of benzene rings is 1. The van der Waals surface area contributed by atoms with E-state index in [0.717, 1.165) is 18.4 Å². The molecule has 1 aromatic carbocycles. The van der Waals surface area contributed by atoms with Crippen LogP contribution in [0.4, 0.5) is 8.78 Å². The number of guanidine groups is 1. The smallest absolute Gasteiger partial charge is 0.272 e. The fraction of sp³-hybridized carbons (Fsp3) is 0.562. The van der Waals surface area contributed by atoms with Crippen LogP contribution < -0.4 is 15.8 Å². The summed E-state index contributed by atoms with van der Waals surface area (Å²) in [5.74, 6) is 0.859. The Labute approximate surface area is 152 Å². The number of halogens is 3. The molecule has 0 amide bonds. The van der Waals surface area contributed by atoms with E-state index in [1.165, 1.54) is 19.3 Å². The van der Waals surface area contributed by atoms with Crippen LogP contribution in [0.3, 0.4) is 0 Å². The van der Waals surface area contributed by atoms with E-state index >= 15 is 0 Å². The third-order valence-corrected chi connectivity index (χ3v) is 3.66. The van der Waals surface area contributed by atoms with Gasteiger partial charge in [-0.1, -0.05) is 31.4 Å². The van der Waals surface area contributed by atoms with E-state index < -0.39 is 13.0 Å². The highest BCUT2D eigenvalue weighted by molar-refractivity contribution is 14.0. The van der Waals surface area contributed by atoms with Crippen LogP contribution in [-0.2, 0) is 6.54 Å². The van der Waals surface area contributed by atoms with Gasteiger partial charge in [0.05, 0.1) is 6.54 Å². The molecule has 0 saturated heterocycles. The Kier molecular flexibility index (Phi) is 9.20. The first kappa shape index (κ1) is 19.9. The van der Waals surface area contributed by atoms with E-state index in [1.54, 1.807) is 18.2 Å². The molecule has 1 saturated carbocycles. The maximum atomic E-state index is 12.1. The van der Waals surface area contributed by atoms with Gasteiger partial charge < -0.3 is 15.8 Å². The normalized spacial score (nSPS) is 16.0. The molecule has 0 heterocycles. The second-order valence-corrected chi connectivity index (χ2v) is 5.53. The Morgan fingerprint density at radius 1 is 1.30 bits per heavy atom. The SMILES string of the molecule is I.NC(=NCc1cccc(OCC(F)F)c1)NC1CCCCC1. The van der Waals surface area contributed by atoms with E-state index in [-0.39, 0.29) is 24.0 Å². The van der Waals surface area contributed by atoms with Crippen LogP contribution in [0.1, 0.15) is 37.7 Å². The van der Waals surface area contributed by atoms with E-state index in [1.807, 2.05) is 6.07 Å². The molecule has 1 aliphatic carbocycles. The summed E-state index contributed by atoms with van der Waals surface area (Å²) in [6, 6.07) is 7.40. The predicted molar refractivity (Wildman–Crippen MR) is 98.7 cm³/mol. The van der Waals surface area contributed by atoms with E-state index in [2.05, 4.69) is 10.3 Å². The third-order valence-electron chi connectivity index (χ3n) is 3.66. The highest BCUT2D eigenvalue weighted by atomic mass is 127. The number of hydrogen-bond acceptors (Lipinski definition) is 2. The molecule has 23 heavy (non-hydrogen) atoms. The molecule has 2 rings (SSSR count). The van der Waals surface area contributed by atoms with Crippen LogP contribution in [0.15, 0.2) is 29.3 Å². The Hall–Kier alpha value is -1.12. The fourth-order valence-electron chi connectivity index (χ4n) is 2.57. The highest BCUT2D eigenvalue weighted by Gasteiger charge is 2.13. The Morgan fingerprint density at radius 2 is 2.04 bits per heavy atom. The van der Waals surface area contributed by atoms with Crippen LogP contribution >= 0.6 is 24.0 Å². The lowest BCUT2D eigenvalue weighted by Crippen LogP contribution is -2.41. The number of nitrogens with one attached hydrogen (secondary N) is 1. The average Bonchev–Trinajstić information content (AvgIpc) is 2.52. The van der Waals surface area contributed by atoms with Gasteiger partial charge in [-0.25, -0.2) is 13.8 Å². The summed E-state index contributed by atoms with van der Waals surface area (Å²) < 4.78 is 29.2. The minimum atomic E-state index is -2.47. The third kappa shape index (κ3) is 7.81. The summed E-state index contributed by atoms with van der Waals surface area (Å²) in [5, 5.41) is 3.24. The Bertz CT molecular complexity index is 494. The van der Waals surface area contributed by atoms with Gasteiger partial charge in [0, 0.05) is 6.04 Å². The molecular weight excluding hydrogens is 415 g/mol. The molecule has 0 aromatic heterocycles. The van der Waals surface area contributed by atoms with E-state index in [4.69, 9.17) is 10.5 Å². The minimum Gasteiger partial charge on any atom is -0.488 e. The van der Waals surface area contributed by atoms with Gasteiger partial charge in [-0.3, -0.25) is 0 Å². The van der Waals surface area contributed by atoms with E-state index in [9.17, 15) is 8.78 Å². The summed E-state index contributed by atoms with van der Waals surface area (Å²) in [6.45, 7) is -0.199. The lowest BCUT2D eigenvalue weighted by Gasteiger charge is -2.23. The molecule has 1 fully saturated rings. The molecule has 1 aliphatic rings. The summed E-state index contributed by atoms with van der Waals surface area (Å²) in [4.78, 5) is 4.30. The first-order valence-corrected chi connectivity index (χ1v) is 7.70. The second kappa shape index (κ2) is 10.6. The van der Waals surface area contributed by atoms with Crippen LogP contribution in [0, 0.1) is 0 Å². The quantitative estimate of drug-likeness (QED) is 0.404. The van der Waals surface area contributed by atoms with Crippen molar-refractivity contribution in [3.05, 3.63) is 29.8 Å². The Morgan fingerprint density at radius 3 is 2.74 bits per heavy atom. The summed E-state index contributed by atoms with van der Waals surface area (Å²) in [6.07, 6.45) is 3.54. The number of rotatable bonds is 6. The molecule has 0 radical (unpaired) electrons. The monoisotopic (exact) mass is 439 g/mol. The fourth-order valence-corrected chi connectivity index (χ4v) is 2.57. The standard InChI is InChI=1S/C16H23F2N3O.HI/c17-15(18)11-22-14-8-4-5-12(9-14)10-20-16(19)21-13-6-2-1-3-7-13;/h4-5,8-9,13,15H,1-3,6-7,10-11H2,(H3,19,20,21);1H. The zero-order valence-electron chi connectivity index (χ0n) is 13.0. The molecule has 7 heteroatoms. The lowest BCUT2D eigenvalue weighted by molar-refractivity contribution is 0.0818. The van der Waals surface area contributed by atoms with Gasteiger partial charge in [-0.05, 0) is 30.5 Å². The highest BCUT2D eigenvalue weighted by Crippen LogP contribution is 2.17. The number of nitrogens with two attached hydrogens (primary N) is 1. The molecule has 0 bridgehead atoms. The molecule has 4 nitrogen and oxygen atoms in total. The van der Waals surface area contributed by atoms with E-state index in [0.29, 0.717) is 24.3 Å². The molecule has 1 aromatic rings. The van der Waals surface area contributed by atoms with Crippen molar-refractivity contribution in [1.82, 2.24) is 5.32 Å². The van der Waals surface area contributed by atoms with Crippen molar-refractivity contribution >= 4 is 29.9 Å². The zero-order valence-corrected chi connectivity index (χ0v) is 15.3. The van der Waals surface area contributed by atoms with Crippen LogP contribution in [-0.4, -0.2) is 25.0 Å². The van der Waals surface area contributed by atoms with Gasteiger partial charge in [0.1, 0.15) is 12.4 Å². The van der Waals surface area contributed by atoms with Gasteiger partial charge in [0.2, 0.25) is 0 Å². The molecule has 0 atom stereocenters. The van der Waals surface area contributed by atoms with Crippen molar-refractivity contribution in [2.45, 2.75) is 51.1 Å². The van der Waals surface area contributed by atoms with Crippen molar-refractivity contribution < 1.29 is 13.5 Å². The lowest BCUT2D eigenvalue weighted by atomic mass is 9.96. The molecule has 130 valence electrons. The number of nitrogens with zero attached hydrogens (tertiary/aromatic N) is 1. The molecule has 3 N–H and O–H groups in total. The summed E-state index contributed by atoms with van der Waals surface area (Å²) in [7, 11) is 0. The first-order valence-electron chi connectivity index (χ1n) is 7.70. The zero-order chi connectivity index (χ0) is 15.8. The van der Waals surface area contributed by atoms with Gasteiger partial charge >= 0.3 is 0 Å². The number of ether oxygens (including phenoxy) is 1. The van der Waals surface area contributed by atoms with Gasteiger partial charge in [0.25, 0.3) is 6.43 Å². The molecular formula is C16H24F2IN3O. The maximum Gasteiger partial charge on any atom is 0.272 e. The topological polar surface area (TPSA) is 59.6 Å². The summed E-state index contributed by atoms with van der Waals surface area (Å²) >= 11 is 0. The van der Waals surface area contributed by atoms with Crippen molar-refractivity contribution in [3.63, 3.8) is 0 Å². The van der Waals surface area contributed by atoms with Crippen LogP contribution in [0.5, 0.6) is 5.75 Å². The van der Waals surface area contributed by atoms with Crippen molar-refractivity contribution in [3.8, 4) is 5.75 Å².